The third-order valence-electron chi connectivity index (χ3n) is 2.46. The molecule has 0 amide bonds. The molecule has 1 atom stereocenters. The molecule has 1 rings (SSSR count). The van der Waals surface area contributed by atoms with Gasteiger partial charge in [0.25, 0.3) is 0 Å². The van der Waals surface area contributed by atoms with Crippen molar-refractivity contribution in [2.75, 3.05) is 13.2 Å². The van der Waals surface area contributed by atoms with E-state index in [1.165, 1.54) is 0 Å². The topological polar surface area (TPSA) is 35.5 Å². The highest BCUT2D eigenvalue weighted by Gasteiger charge is 2.23. The standard InChI is InChI=1S/C15H18O3/c1-4-11-18-15(3,5-2)12-17-14(16)13-9-7-6-8-10-13/h4-10H,1-2,11-12H2,3H3. The maximum absolute atomic E-state index is 11.7. The first-order valence-corrected chi connectivity index (χ1v) is 5.72. The van der Waals surface area contributed by atoms with E-state index >= 15 is 0 Å². The van der Waals surface area contributed by atoms with Crippen LogP contribution in [0.2, 0.25) is 0 Å². The molecular formula is C15H18O3. The van der Waals surface area contributed by atoms with Crippen LogP contribution in [0.3, 0.4) is 0 Å². The van der Waals surface area contributed by atoms with Crippen LogP contribution in [0.15, 0.2) is 55.6 Å². The number of rotatable bonds is 7. The van der Waals surface area contributed by atoms with E-state index in [4.69, 9.17) is 9.47 Å². The van der Waals surface area contributed by atoms with Gasteiger partial charge in [0.05, 0.1) is 12.2 Å². The first-order chi connectivity index (χ1) is 8.61. The number of carbonyl (C=O) groups excluding carboxylic acids is 1. The average Bonchev–Trinajstić information content (AvgIpc) is 2.43. The smallest absolute Gasteiger partial charge is 0.338 e. The molecule has 18 heavy (non-hydrogen) atoms. The molecule has 1 unspecified atom stereocenters. The van der Waals surface area contributed by atoms with Crippen molar-refractivity contribution >= 4 is 5.97 Å². The normalized spacial score (nSPS) is 13.4. The summed E-state index contributed by atoms with van der Waals surface area (Å²) in [6.07, 6.45) is 3.26. The summed E-state index contributed by atoms with van der Waals surface area (Å²) in [6.45, 7) is 9.57. The number of benzene rings is 1. The number of carbonyl (C=O) groups is 1. The Morgan fingerprint density at radius 2 is 2.00 bits per heavy atom. The molecule has 0 radical (unpaired) electrons. The summed E-state index contributed by atoms with van der Waals surface area (Å²) in [5.74, 6) is -0.370. The number of esters is 1. The van der Waals surface area contributed by atoms with E-state index in [2.05, 4.69) is 13.2 Å². The van der Waals surface area contributed by atoms with E-state index in [9.17, 15) is 4.79 Å². The molecule has 1 aromatic carbocycles. The zero-order chi connectivity index (χ0) is 13.4. The molecule has 3 heteroatoms. The second-order valence-corrected chi connectivity index (χ2v) is 4.06. The summed E-state index contributed by atoms with van der Waals surface area (Å²) < 4.78 is 10.7. The van der Waals surface area contributed by atoms with Gasteiger partial charge in [-0.05, 0) is 19.1 Å². The van der Waals surface area contributed by atoms with Crippen molar-refractivity contribution in [3.8, 4) is 0 Å². The van der Waals surface area contributed by atoms with Gasteiger partial charge in [-0.25, -0.2) is 4.79 Å². The van der Waals surface area contributed by atoms with Crippen molar-refractivity contribution < 1.29 is 14.3 Å². The summed E-state index contributed by atoms with van der Waals surface area (Å²) in [7, 11) is 0. The van der Waals surface area contributed by atoms with Crippen molar-refractivity contribution in [1.82, 2.24) is 0 Å². The molecule has 0 aliphatic heterocycles. The van der Waals surface area contributed by atoms with Crippen LogP contribution in [0.4, 0.5) is 0 Å². The lowest BCUT2D eigenvalue weighted by Gasteiger charge is -2.25. The van der Waals surface area contributed by atoms with Crippen LogP contribution in [-0.2, 0) is 9.47 Å². The van der Waals surface area contributed by atoms with Crippen LogP contribution in [0.5, 0.6) is 0 Å². The fourth-order valence-electron chi connectivity index (χ4n) is 1.28. The summed E-state index contributed by atoms with van der Waals surface area (Å²) >= 11 is 0. The highest BCUT2D eigenvalue weighted by molar-refractivity contribution is 5.89. The van der Waals surface area contributed by atoms with Crippen LogP contribution in [0.25, 0.3) is 0 Å². The predicted molar refractivity (Wildman–Crippen MR) is 71.5 cm³/mol. The molecule has 0 fully saturated rings. The van der Waals surface area contributed by atoms with Gasteiger partial charge >= 0.3 is 5.97 Å². The van der Waals surface area contributed by atoms with Gasteiger partial charge in [-0.15, -0.1) is 13.2 Å². The second-order valence-electron chi connectivity index (χ2n) is 4.06. The molecule has 0 aliphatic rings. The molecule has 1 aromatic rings. The molecule has 0 spiro atoms. The van der Waals surface area contributed by atoms with Gasteiger partial charge in [0, 0.05) is 0 Å². The number of ether oxygens (including phenoxy) is 2. The van der Waals surface area contributed by atoms with Crippen molar-refractivity contribution in [3.63, 3.8) is 0 Å². The highest BCUT2D eigenvalue weighted by atomic mass is 16.6. The van der Waals surface area contributed by atoms with Gasteiger partial charge in [0.2, 0.25) is 0 Å². The van der Waals surface area contributed by atoms with Crippen molar-refractivity contribution in [1.29, 1.82) is 0 Å². The van der Waals surface area contributed by atoms with Gasteiger partial charge in [-0.3, -0.25) is 0 Å². The molecule has 0 aromatic heterocycles. The van der Waals surface area contributed by atoms with E-state index in [1.54, 1.807) is 36.4 Å². The second kappa shape index (κ2) is 6.77. The molecule has 0 heterocycles. The Balaban J connectivity index is 2.55. The summed E-state index contributed by atoms with van der Waals surface area (Å²) in [6, 6.07) is 8.84. The van der Waals surface area contributed by atoms with E-state index in [1.807, 2.05) is 13.0 Å². The molecule has 0 bridgehead atoms. The van der Waals surface area contributed by atoms with Crippen molar-refractivity contribution in [3.05, 3.63) is 61.2 Å². The third kappa shape index (κ3) is 4.18. The number of hydrogen-bond donors (Lipinski definition) is 0. The van der Waals surface area contributed by atoms with Gasteiger partial charge in [-0.2, -0.15) is 0 Å². The fraction of sp³-hybridized carbons (Fsp3) is 0.267. The van der Waals surface area contributed by atoms with Gasteiger partial charge in [-0.1, -0.05) is 30.4 Å². The SMILES string of the molecule is C=CCOC(C)(C=C)COC(=O)c1ccccc1. The lowest BCUT2D eigenvalue weighted by Crippen LogP contribution is -2.33. The monoisotopic (exact) mass is 246 g/mol. The van der Waals surface area contributed by atoms with Crippen LogP contribution in [0, 0.1) is 0 Å². The molecule has 96 valence electrons. The summed E-state index contributed by atoms with van der Waals surface area (Å²) in [4.78, 5) is 11.7. The van der Waals surface area contributed by atoms with Crippen LogP contribution >= 0.6 is 0 Å². The van der Waals surface area contributed by atoms with E-state index in [0.29, 0.717) is 12.2 Å². The van der Waals surface area contributed by atoms with Gasteiger partial charge in [0.15, 0.2) is 0 Å². The molecule has 0 saturated heterocycles. The minimum atomic E-state index is -0.696. The Hall–Kier alpha value is -1.87. The molecular weight excluding hydrogens is 228 g/mol. The van der Waals surface area contributed by atoms with Crippen LogP contribution in [0.1, 0.15) is 17.3 Å². The predicted octanol–water partition coefficient (Wildman–Crippen LogP) is 2.99. The van der Waals surface area contributed by atoms with Crippen molar-refractivity contribution in [2.24, 2.45) is 0 Å². The fourth-order valence-corrected chi connectivity index (χ4v) is 1.28. The number of hydrogen-bond acceptors (Lipinski definition) is 3. The lowest BCUT2D eigenvalue weighted by molar-refractivity contribution is -0.0329. The average molecular weight is 246 g/mol. The van der Waals surface area contributed by atoms with Gasteiger partial charge in [0.1, 0.15) is 12.2 Å². The highest BCUT2D eigenvalue weighted by Crippen LogP contribution is 2.13. The van der Waals surface area contributed by atoms with E-state index in [0.717, 1.165) is 0 Å². The lowest BCUT2D eigenvalue weighted by atomic mass is 10.1. The Morgan fingerprint density at radius 3 is 2.56 bits per heavy atom. The first kappa shape index (κ1) is 14.2. The van der Waals surface area contributed by atoms with Crippen LogP contribution in [-0.4, -0.2) is 24.8 Å². The van der Waals surface area contributed by atoms with E-state index < -0.39 is 5.60 Å². The quantitative estimate of drug-likeness (QED) is 0.548. The largest absolute Gasteiger partial charge is 0.459 e. The Kier molecular flexibility index (Phi) is 5.33. The van der Waals surface area contributed by atoms with E-state index in [-0.39, 0.29) is 12.6 Å². The Morgan fingerprint density at radius 1 is 1.33 bits per heavy atom. The maximum atomic E-state index is 11.7. The maximum Gasteiger partial charge on any atom is 0.338 e. The molecule has 3 nitrogen and oxygen atoms in total. The summed E-state index contributed by atoms with van der Waals surface area (Å²) in [5.41, 5.74) is -0.175. The van der Waals surface area contributed by atoms with Crippen molar-refractivity contribution in [2.45, 2.75) is 12.5 Å². The third-order valence-corrected chi connectivity index (χ3v) is 2.46. The molecule has 0 saturated carbocycles. The molecule has 0 N–H and O–H groups in total. The molecule has 0 aliphatic carbocycles. The van der Waals surface area contributed by atoms with Crippen LogP contribution < -0.4 is 0 Å². The summed E-state index contributed by atoms with van der Waals surface area (Å²) in [5, 5.41) is 0. The minimum Gasteiger partial charge on any atom is -0.459 e. The van der Waals surface area contributed by atoms with Gasteiger partial charge < -0.3 is 9.47 Å². The first-order valence-electron chi connectivity index (χ1n) is 5.72. The zero-order valence-corrected chi connectivity index (χ0v) is 10.6. The minimum absolute atomic E-state index is 0.123. The Bertz CT molecular complexity index is 411. The zero-order valence-electron chi connectivity index (χ0n) is 10.6. The Labute approximate surface area is 108 Å².